The molecule has 10 nitrogen and oxygen atoms in total. The van der Waals surface area contributed by atoms with Crippen LogP contribution in [0.1, 0.15) is 5.56 Å². The first-order valence-electron chi connectivity index (χ1n) is 12.5. The van der Waals surface area contributed by atoms with Crippen molar-refractivity contribution in [2.75, 3.05) is 27.1 Å². The molecule has 0 aliphatic rings. The fraction of sp³-hybridized carbons (Fsp3) is 0.133. The van der Waals surface area contributed by atoms with Crippen LogP contribution in [0, 0.1) is 0 Å². The van der Waals surface area contributed by atoms with Gasteiger partial charge in [-0.3, -0.25) is 9.36 Å². The number of hydrogen-bond acceptors (Lipinski definition) is 9. The number of fused-ring (bicyclic) bond motifs is 1. The van der Waals surface area contributed by atoms with Gasteiger partial charge in [0.15, 0.2) is 22.5 Å². The van der Waals surface area contributed by atoms with Gasteiger partial charge < -0.3 is 19.3 Å². The Bertz CT molecular complexity index is 1700. The molecule has 2 N–H and O–H groups in total. The molecule has 0 fully saturated rings. The molecule has 0 unspecified atom stereocenters. The van der Waals surface area contributed by atoms with Crippen molar-refractivity contribution in [2.45, 2.75) is 5.16 Å². The molecule has 5 rings (SSSR count). The molecule has 0 saturated heterocycles. The molecule has 0 radical (unpaired) electrons. The maximum Gasteiger partial charge on any atom is 0.250 e. The lowest BCUT2D eigenvalue weighted by atomic mass is 10.0. The van der Waals surface area contributed by atoms with E-state index < -0.39 is 0 Å². The molecule has 5 aromatic rings. The largest absolute Gasteiger partial charge is 0.507 e. The minimum Gasteiger partial charge on any atom is -0.507 e. The fourth-order valence-electron chi connectivity index (χ4n) is 4.32. The number of hydrazone groups is 1. The van der Waals surface area contributed by atoms with Crippen LogP contribution >= 0.6 is 11.8 Å². The van der Waals surface area contributed by atoms with Gasteiger partial charge in [-0.2, -0.15) is 5.10 Å². The van der Waals surface area contributed by atoms with Crippen molar-refractivity contribution in [1.82, 2.24) is 20.2 Å². The molecule has 0 aliphatic carbocycles. The first-order chi connectivity index (χ1) is 20.0. The summed E-state index contributed by atoms with van der Waals surface area (Å²) in [5.41, 5.74) is 4.55. The summed E-state index contributed by atoms with van der Waals surface area (Å²) in [4.78, 5) is 12.7. The van der Waals surface area contributed by atoms with Crippen LogP contribution in [0.2, 0.25) is 0 Å². The average Bonchev–Trinajstić information content (AvgIpc) is 3.44. The number of para-hydroxylation sites is 1. The summed E-state index contributed by atoms with van der Waals surface area (Å²) in [6, 6.07) is 24.2. The van der Waals surface area contributed by atoms with Gasteiger partial charge in [0.1, 0.15) is 5.75 Å². The van der Waals surface area contributed by atoms with Gasteiger partial charge in [0, 0.05) is 16.8 Å². The molecule has 1 amide bonds. The number of aromatic nitrogens is 3. The highest BCUT2D eigenvalue weighted by Crippen LogP contribution is 2.41. The number of thioether (sulfide) groups is 1. The van der Waals surface area contributed by atoms with Crippen LogP contribution in [0.15, 0.2) is 89.1 Å². The number of amides is 1. The Hall–Kier alpha value is -5.03. The van der Waals surface area contributed by atoms with E-state index in [1.54, 1.807) is 39.5 Å². The van der Waals surface area contributed by atoms with Crippen LogP contribution in [0.25, 0.3) is 27.8 Å². The zero-order valence-corrected chi connectivity index (χ0v) is 23.4. The van der Waals surface area contributed by atoms with E-state index in [0.29, 0.717) is 39.4 Å². The predicted octanol–water partition coefficient (Wildman–Crippen LogP) is 5.06. The summed E-state index contributed by atoms with van der Waals surface area (Å²) < 4.78 is 18.4. The second-order valence-electron chi connectivity index (χ2n) is 8.69. The smallest absolute Gasteiger partial charge is 0.250 e. The number of carbonyl (C=O) groups is 1. The highest BCUT2D eigenvalue weighted by atomic mass is 32.2. The summed E-state index contributed by atoms with van der Waals surface area (Å²) >= 11 is 1.21. The van der Waals surface area contributed by atoms with Gasteiger partial charge in [-0.1, -0.05) is 60.3 Å². The normalized spacial score (nSPS) is 11.1. The first kappa shape index (κ1) is 27.5. The number of nitrogens with one attached hydrogen (secondary N) is 1. The summed E-state index contributed by atoms with van der Waals surface area (Å²) in [5.74, 6) is 1.71. The number of phenolic OH excluding ortho intramolecular Hbond substituents is 1. The third kappa shape index (κ3) is 5.80. The summed E-state index contributed by atoms with van der Waals surface area (Å²) in [6.07, 6.45) is 1.44. The zero-order chi connectivity index (χ0) is 28.8. The lowest BCUT2D eigenvalue weighted by Crippen LogP contribution is -2.20. The Kier molecular flexibility index (Phi) is 8.35. The third-order valence-corrected chi connectivity index (χ3v) is 7.16. The van der Waals surface area contributed by atoms with E-state index in [4.69, 9.17) is 14.2 Å². The molecule has 1 heterocycles. The Balaban J connectivity index is 1.39. The molecule has 41 heavy (non-hydrogen) atoms. The molecule has 11 heteroatoms. The Morgan fingerprint density at radius 2 is 1.66 bits per heavy atom. The molecule has 0 bridgehead atoms. The molecule has 0 aliphatic heterocycles. The van der Waals surface area contributed by atoms with E-state index in [1.807, 2.05) is 65.2 Å². The standard InChI is InChI=1S/C30H27N5O5S/c1-38-25-15-20(16-26(39-2)28(25)40-3)29-33-34-30(35(29)21-10-5-4-6-11-21)41-18-27(37)32-31-17-23-22-12-8-7-9-19(22)13-14-24(23)36/h4-17,36H,18H2,1-3H3,(H,32,37). The van der Waals surface area contributed by atoms with Gasteiger partial charge in [-0.05, 0) is 41.1 Å². The SMILES string of the molecule is COc1cc(-c2nnc(SCC(=O)NN=Cc3c(O)ccc4ccccc34)n2-c2ccccc2)cc(OC)c1OC. The van der Waals surface area contributed by atoms with Crippen LogP contribution in [0.4, 0.5) is 0 Å². The van der Waals surface area contributed by atoms with Crippen LogP contribution in [0.5, 0.6) is 23.0 Å². The number of ether oxygens (including phenoxy) is 3. The maximum absolute atomic E-state index is 12.7. The Morgan fingerprint density at radius 1 is 0.951 bits per heavy atom. The topological polar surface area (TPSA) is 120 Å². The van der Waals surface area contributed by atoms with Gasteiger partial charge >= 0.3 is 0 Å². The van der Waals surface area contributed by atoms with Crippen molar-refractivity contribution in [2.24, 2.45) is 5.10 Å². The fourth-order valence-corrected chi connectivity index (χ4v) is 5.07. The van der Waals surface area contributed by atoms with Gasteiger partial charge in [-0.15, -0.1) is 10.2 Å². The number of aromatic hydroxyl groups is 1. The molecule has 1 aromatic heterocycles. The van der Waals surface area contributed by atoms with E-state index in [2.05, 4.69) is 20.7 Å². The summed E-state index contributed by atoms with van der Waals surface area (Å²) in [6.45, 7) is 0. The second-order valence-corrected chi connectivity index (χ2v) is 9.64. The van der Waals surface area contributed by atoms with Gasteiger partial charge in [0.05, 0.1) is 33.3 Å². The Labute approximate surface area is 240 Å². The molecular formula is C30H27N5O5S. The maximum atomic E-state index is 12.7. The first-order valence-corrected chi connectivity index (χ1v) is 13.5. The lowest BCUT2D eigenvalue weighted by molar-refractivity contribution is -0.118. The number of benzene rings is 4. The summed E-state index contributed by atoms with van der Waals surface area (Å²) in [5, 5.41) is 25.5. The van der Waals surface area contributed by atoms with Gasteiger partial charge in [0.2, 0.25) is 5.75 Å². The highest BCUT2D eigenvalue weighted by molar-refractivity contribution is 7.99. The Morgan fingerprint density at radius 3 is 2.37 bits per heavy atom. The van der Waals surface area contributed by atoms with Crippen molar-refractivity contribution >= 4 is 34.7 Å². The summed E-state index contributed by atoms with van der Waals surface area (Å²) in [7, 11) is 4.64. The van der Waals surface area contributed by atoms with Crippen molar-refractivity contribution in [1.29, 1.82) is 0 Å². The van der Waals surface area contributed by atoms with E-state index in [-0.39, 0.29) is 17.4 Å². The predicted molar refractivity (Wildman–Crippen MR) is 159 cm³/mol. The van der Waals surface area contributed by atoms with Crippen molar-refractivity contribution in [3.63, 3.8) is 0 Å². The van der Waals surface area contributed by atoms with Gasteiger partial charge in [-0.25, -0.2) is 5.43 Å². The van der Waals surface area contributed by atoms with Crippen LogP contribution < -0.4 is 19.6 Å². The number of nitrogens with zero attached hydrogens (tertiary/aromatic N) is 4. The number of phenols is 1. The monoisotopic (exact) mass is 569 g/mol. The van der Waals surface area contributed by atoms with Crippen LogP contribution in [-0.2, 0) is 4.79 Å². The van der Waals surface area contributed by atoms with Crippen LogP contribution in [-0.4, -0.2) is 59.1 Å². The zero-order valence-electron chi connectivity index (χ0n) is 22.6. The molecule has 0 spiro atoms. The molecule has 0 atom stereocenters. The van der Waals surface area contributed by atoms with Crippen molar-refractivity contribution in [3.05, 3.63) is 84.4 Å². The third-order valence-electron chi connectivity index (χ3n) is 6.23. The van der Waals surface area contributed by atoms with E-state index in [1.165, 1.54) is 18.0 Å². The highest BCUT2D eigenvalue weighted by Gasteiger charge is 2.21. The molecule has 4 aromatic carbocycles. The number of carbonyl (C=O) groups excluding carboxylic acids is 1. The minimum atomic E-state index is -0.345. The van der Waals surface area contributed by atoms with Crippen molar-refractivity contribution < 1.29 is 24.1 Å². The van der Waals surface area contributed by atoms with E-state index in [0.717, 1.165) is 16.5 Å². The average molecular weight is 570 g/mol. The number of hydrogen-bond donors (Lipinski definition) is 2. The molecule has 0 saturated carbocycles. The number of methoxy groups -OCH3 is 3. The van der Waals surface area contributed by atoms with E-state index in [9.17, 15) is 9.90 Å². The quantitative estimate of drug-likeness (QED) is 0.136. The van der Waals surface area contributed by atoms with Gasteiger partial charge in [0.25, 0.3) is 5.91 Å². The van der Waals surface area contributed by atoms with Crippen LogP contribution in [0.3, 0.4) is 0 Å². The lowest BCUT2D eigenvalue weighted by Gasteiger charge is -2.15. The minimum absolute atomic E-state index is 0.0269. The second kappa shape index (κ2) is 12.4. The van der Waals surface area contributed by atoms with Crippen molar-refractivity contribution in [3.8, 4) is 40.1 Å². The number of rotatable bonds is 10. The van der Waals surface area contributed by atoms with E-state index >= 15 is 0 Å². The molecule has 208 valence electrons. The molecular weight excluding hydrogens is 542 g/mol.